The minimum Gasteiger partial charge on any atom is -0.497 e. The van der Waals surface area contributed by atoms with Crippen molar-refractivity contribution in [2.24, 2.45) is 0 Å². The van der Waals surface area contributed by atoms with E-state index < -0.39 is 5.82 Å². The summed E-state index contributed by atoms with van der Waals surface area (Å²) >= 11 is 0. The molecule has 0 saturated carbocycles. The zero-order chi connectivity index (χ0) is 15.7. The third-order valence-corrected chi connectivity index (χ3v) is 3.63. The lowest BCUT2D eigenvalue weighted by Crippen LogP contribution is -2.02. The Kier molecular flexibility index (Phi) is 3.67. The topological polar surface area (TPSA) is 39.4 Å². The second kappa shape index (κ2) is 5.64. The summed E-state index contributed by atoms with van der Waals surface area (Å²) in [5.41, 5.74) is 1.09. The highest BCUT2D eigenvalue weighted by Gasteiger charge is 2.18. The second-order valence-corrected chi connectivity index (χ2v) is 4.96. The minimum absolute atomic E-state index is 0.135. The average molecular weight is 298 g/mol. The monoisotopic (exact) mass is 298 g/mol. The molecule has 1 aromatic heterocycles. The van der Waals surface area contributed by atoms with Crippen LogP contribution in [0.5, 0.6) is 5.75 Å². The molecule has 22 heavy (non-hydrogen) atoms. The summed E-state index contributed by atoms with van der Waals surface area (Å²) in [5, 5.41) is 0.512. The van der Waals surface area contributed by atoms with E-state index in [1.54, 1.807) is 37.4 Å². The highest BCUT2D eigenvalue weighted by molar-refractivity contribution is 6.16. The maximum absolute atomic E-state index is 13.9. The van der Waals surface area contributed by atoms with Crippen molar-refractivity contribution in [3.05, 3.63) is 65.2 Å². The maximum atomic E-state index is 13.9. The number of rotatable bonds is 4. The lowest BCUT2D eigenvalue weighted by atomic mass is 10.00. The van der Waals surface area contributed by atoms with Crippen molar-refractivity contribution >= 4 is 16.8 Å². The lowest BCUT2D eigenvalue weighted by molar-refractivity contribution is 0.104. The summed E-state index contributed by atoms with van der Waals surface area (Å²) in [5.74, 6) is 0.707. The number of benzene rings is 2. The van der Waals surface area contributed by atoms with Crippen LogP contribution in [0.3, 0.4) is 0 Å². The molecule has 0 aliphatic heterocycles. The summed E-state index contributed by atoms with van der Waals surface area (Å²) in [6, 6.07) is 11.3. The molecule has 0 radical (unpaired) electrons. The molecule has 0 fully saturated rings. The van der Waals surface area contributed by atoms with Gasteiger partial charge in [0.25, 0.3) is 0 Å². The number of hydrogen-bond acceptors (Lipinski definition) is 3. The Morgan fingerprint density at radius 2 is 1.91 bits per heavy atom. The molecule has 0 saturated heterocycles. The van der Waals surface area contributed by atoms with Crippen LogP contribution >= 0.6 is 0 Å². The van der Waals surface area contributed by atoms with Gasteiger partial charge in [-0.2, -0.15) is 0 Å². The first-order valence-corrected chi connectivity index (χ1v) is 7.03. The van der Waals surface area contributed by atoms with Crippen LogP contribution in [0.15, 0.2) is 46.9 Å². The van der Waals surface area contributed by atoms with Gasteiger partial charge < -0.3 is 9.15 Å². The largest absolute Gasteiger partial charge is 0.497 e. The normalized spacial score (nSPS) is 10.9. The number of furan rings is 1. The molecule has 3 aromatic rings. The van der Waals surface area contributed by atoms with Crippen LogP contribution in [0.4, 0.5) is 4.39 Å². The van der Waals surface area contributed by atoms with Crippen LogP contribution < -0.4 is 4.74 Å². The summed E-state index contributed by atoms with van der Waals surface area (Å²) in [4.78, 5) is 12.7. The molecule has 3 rings (SSSR count). The number of methoxy groups -OCH3 is 1. The molecule has 1 heterocycles. The Hall–Kier alpha value is -2.62. The zero-order valence-electron chi connectivity index (χ0n) is 12.4. The van der Waals surface area contributed by atoms with E-state index in [0.29, 0.717) is 34.4 Å². The van der Waals surface area contributed by atoms with Gasteiger partial charge in [0.1, 0.15) is 11.5 Å². The maximum Gasteiger partial charge on any atom is 0.193 e. The Balaban J connectivity index is 2.10. The SMILES string of the molecule is CCc1cc2c(C(=O)c3ccc(OC)cc3)ccc(F)c2o1. The second-order valence-electron chi connectivity index (χ2n) is 4.96. The van der Waals surface area contributed by atoms with E-state index in [1.165, 1.54) is 12.1 Å². The molecule has 0 aliphatic rings. The molecular weight excluding hydrogens is 283 g/mol. The van der Waals surface area contributed by atoms with Crippen molar-refractivity contribution in [2.75, 3.05) is 7.11 Å². The average Bonchev–Trinajstić information content (AvgIpc) is 3.00. The van der Waals surface area contributed by atoms with Crippen LogP contribution in [-0.4, -0.2) is 12.9 Å². The predicted octanol–water partition coefficient (Wildman–Crippen LogP) is 4.37. The molecule has 0 aliphatic carbocycles. The summed E-state index contributed by atoms with van der Waals surface area (Å²) < 4.78 is 24.4. The third-order valence-electron chi connectivity index (χ3n) is 3.63. The van der Waals surface area contributed by atoms with Gasteiger partial charge in [-0.15, -0.1) is 0 Å². The fourth-order valence-electron chi connectivity index (χ4n) is 2.41. The molecule has 0 amide bonds. The number of aryl methyl sites for hydroxylation is 1. The molecule has 0 spiro atoms. The van der Waals surface area contributed by atoms with Crippen LogP contribution in [0, 0.1) is 5.82 Å². The molecule has 0 unspecified atom stereocenters. The van der Waals surface area contributed by atoms with Gasteiger partial charge in [0.15, 0.2) is 17.2 Å². The van der Waals surface area contributed by atoms with Gasteiger partial charge in [0.05, 0.1) is 7.11 Å². The molecule has 112 valence electrons. The van der Waals surface area contributed by atoms with Crippen LogP contribution in [0.25, 0.3) is 11.0 Å². The van der Waals surface area contributed by atoms with E-state index in [-0.39, 0.29) is 11.4 Å². The van der Waals surface area contributed by atoms with Crippen molar-refractivity contribution in [1.29, 1.82) is 0 Å². The Bertz CT molecular complexity index is 831. The molecule has 2 aromatic carbocycles. The Morgan fingerprint density at radius 3 is 2.55 bits per heavy atom. The zero-order valence-corrected chi connectivity index (χ0v) is 12.4. The quantitative estimate of drug-likeness (QED) is 0.671. The first kappa shape index (κ1) is 14.3. The fourth-order valence-corrected chi connectivity index (χ4v) is 2.41. The highest BCUT2D eigenvalue weighted by Crippen LogP contribution is 2.28. The van der Waals surface area contributed by atoms with Crippen LogP contribution in [-0.2, 0) is 6.42 Å². The van der Waals surface area contributed by atoms with Gasteiger partial charge in [-0.05, 0) is 42.5 Å². The van der Waals surface area contributed by atoms with E-state index in [4.69, 9.17) is 9.15 Å². The van der Waals surface area contributed by atoms with E-state index in [9.17, 15) is 9.18 Å². The summed E-state index contributed by atoms with van der Waals surface area (Å²) in [6.07, 6.45) is 0.643. The van der Waals surface area contributed by atoms with E-state index in [2.05, 4.69) is 0 Å². The standard InChI is InChI=1S/C18H15FO3/c1-3-12-10-15-14(8-9-16(19)18(15)22-12)17(20)11-4-6-13(21-2)7-5-11/h4-10H,3H2,1-2H3. The first-order valence-electron chi connectivity index (χ1n) is 7.03. The molecular formula is C18H15FO3. The van der Waals surface area contributed by atoms with Gasteiger partial charge in [0, 0.05) is 22.9 Å². The molecule has 3 nitrogen and oxygen atoms in total. The summed E-state index contributed by atoms with van der Waals surface area (Å²) in [7, 11) is 1.57. The molecule has 4 heteroatoms. The van der Waals surface area contributed by atoms with Crippen LogP contribution in [0.2, 0.25) is 0 Å². The van der Waals surface area contributed by atoms with Crippen LogP contribution in [0.1, 0.15) is 28.6 Å². The number of fused-ring (bicyclic) bond motifs is 1. The lowest BCUT2D eigenvalue weighted by Gasteiger charge is -2.04. The first-order chi connectivity index (χ1) is 10.6. The molecule has 0 atom stereocenters. The predicted molar refractivity (Wildman–Crippen MR) is 82.0 cm³/mol. The van der Waals surface area contributed by atoms with Gasteiger partial charge >= 0.3 is 0 Å². The van der Waals surface area contributed by atoms with E-state index in [1.807, 2.05) is 6.92 Å². The molecule has 0 N–H and O–H groups in total. The smallest absolute Gasteiger partial charge is 0.193 e. The van der Waals surface area contributed by atoms with Gasteiger partial charge in [-0.25, -0.2) is 4.39 Å². The number of carbonyl (C=O) groups is 1. The fraction of sp³-hybridized carbons (Fsp3) is 0.167. The van der Waals surface area contributed by atoms with Gasteiger partial charge in [-0.3, -0.25) is 4.79 Å². The minimum atomic E-state index is -0.457. The number of ether oxygens (including phenoxy) is 1. The number of hydrogen-bond donors (Lipinski definition) is 0. The summed E-state index contributed by atoms with van der Waals surface area (Å²) in [6.45, 7) is 1.92. The van der Waals surface area contributed by atoms with E-state index in [0.717, 1.165) is 0 Å². The van der Waals surface area contributed by atoms with Crippen molar-refractivity contribution in [3.8, 4) is 5.75 Å². The van der Waals surface area contributed by atoms with Crippen molar-refractivity contribution in [2.45, 2.75) is 13.3 Å². The Labute approximate surface area is 127 Å². The van der Waals surface area contributed by atoms with Gasteiger partial charge in [0.2, 0.25) is 0 Å². The number of carbonyl (C=O) groups excluding carboxylic acids is 1. The molecule has 0 bridgehead atoms. The third kappa shape index (κ3) is 2.37. The van der Waals surface area contributed by atoms with Gasteiger partial charge in [-0.1, -0.05) is 6.92 Å². The van der Waals surface area contributed by atoms with E-state index >= 15 is 0 Å². The van der Waals surface area contributed by atoms with Crippen molar-refractivity contribution < 1.29 is 18.3 Å². The number of ketones is 1. The highest BCUT2D eigenvalue weighted by atomic mass is 19.1. The van der Waals surface area contributed by atoms with Crippen molar-refractivity contribution in [1.82, 2.24) is 0 Å². The Morgan fingerprint density at radius 1 is 1.18 bits per heavy atom. The van der Waals surface area contributed by atoms with Crippen molar-refractivity contribution in [3.63, 3.8) is 0 Å². The number of halogens is 1.